The molecule has 28 heavy (non-hydrogen) atoms. The lowest BCUT2D eigenvalue weighted by Crippen LogP contribution is -2.41. The van der Waals surface area contributed by atoms with Gasteiger partial charge in [-0.2, -0.15) is 11.8 Å². The molecule has 0 aromatic heterocycles. The molecular weight excluding hydrogens is 439 g/mol. The van der Waals surface area contributed by atoms with Gasteiger partial charge < -0.3 is 5.32 Å². The fourth-order valence-electron chi connectivity index (χ4n) is 2.45. The van der Waals surface area contributed by atoms with Crippen LogP contribution in [0.2, 0.25) is 10.0 Å². The van der Waals surface area contributed by atoms with Gasteiger partial charge in [-0.1, -0.05) is 41.4 Å². The highest BCUT2D eigenvalue weighted by Gasteiger charge is 2.20. The van der Waals surface area contributed by atoms with Crippen LogP contribution in [-0.4, -0.2) is 39.4 Å². The third-order valence-corrected chi connectivity index (χ3v) is 6.71. The number of thioether (sulfide) groups is 1. The summed E-state index contributed by atoms with van der Waals surface area (Å²) in [5.74, 6) is 1.09. The number of amides is 1. The molecule has 5 nitrogen and oxygen atoms in total. The molecule has 2 aromatic carbocycles. The van der Waals surface area contributed by atoms with Crippen molar-refractivity contribution >= 4 is 56.6 Å². The number of aryl methyl sites for hydroxylation is 1. The molecule has 0 fully saturated rings. The van der Waals surface area contributed by atoms with Crippen molar-refractivity contribution in [1.29, 1.82) is 0 Å². The standard InChI is InChI=1S/C19H22Cl2N2O3S2/c1-14-4-3-5-16(10-14)23(28(2,25)26)12-19(24)22-8-9-27-13-15-6-7-17(20)18(21)11-15/h3-7,10-11H,8-9,12-13H2,1-2H3,(H,22,24). The summed E-state index contributed by atoms with van der Waals surface area (Å²) in [4.78, 5) is 12.2. The van der Waals surface area contributed by atoms with E-state index in [1.165, 1.54) is 0 Å². The van der Waals surface area contributed by atoms with E-state index in [0.29, 0.717) is 28.0 Å². The second-order valence-electron chi connectivity index (χ2n) is 6.26. The van der Waals surface area contributed by atoms with Crippen LogP contribution >= 0.6 is 35.0 Å². The number of hydrogen-bond acceptors (Lipinski definition) is 4. The quantitative estimate of drug-likeness (QED) is 0.571. The SMILES string of the molecule is Cc1cccc(N(CC(=O)NCCSCc2ccc(Cl)c(Cl)c2)S(C)(=O)=O)c1. The molecular formula is C19H22Cl2N2O3S2. The maximum Gasteiger partial charge on any atom is 0.240 e. The van der Waals surface area contributed by atoms with Crippen molar-refractivity contribution in [3.05, 3.63) is 63.6 Å². The van der Waals surface area contributed by atoms with Crippen LogP contribution < -0.4 is 9.62 Å². The fraction of sp³-hybridized carbons (Fsp3) is 0.316. The number of sulfonamides is 1. The third kappa shape index (κ3) is 7.20. The maximum absolute atomic E-state index is 12.2. The molecule has 0 saturated carbocycles. The molecule has 0 aliphatic heterocycles. The fourth-order valence-corrected chi connectivity index (χ4v) is 4.43. The number of benzene rings is 2. The first-order chi connectivity index (χ1) is 13.2. The summed E-state index contributed by atoms with van der Waals surface area (Å²) in [5.41, 5.74) is 2.45. The molecule has 0 bridgehead atoms. The Morgan fingerprint density at radius 1 is 1.14 bits per heavy atom. The zero-order valence-corrected chi connectivity index (χ0v) is 18.8. The van der Waals surface area contributed by atoms with E-state index in [1.807, 2.05) is 25.1 Å². The summed E-state index contributed by atoms with van der Waals surface area (Å²) >= 11 is 13.5. The monoisotopic (exact) mass is 460 g/mol. The Balaban J connectivity index is 1.82. The average molecular weight is 461 g/mol. The number of carbonyl (C=O) groups is 1. The van der Waals surface area contributed by atoms with Gasteiger partial charge in [0, 0.05) is 18.1 Å². The first kappa shape index (κ1) is 22.9. The summed E-state index contributed by atoms with van der Waals surface area (Å²) in [7, 11) is -3.56. The van der Waals surface area contributed by atoms with E-state index < -0.39 is 10.0 Å². The highest BCUT2D eigenvalue weighted by Crippen LogP contribution is 2.24. The minimum Gasteiger partial charge on any atom is -0.354 e. The van der Waals surface area contributed by atoms with E-state index in [0.717, 1.165) is 27.4 Å². The Kier molecular flexibility index (Phi) is 8.49. The number of rotatable bonds is 9. The van der Waals surface area contributed by atoms with Crippen molar-refractivity contribution in [3.63, 3.8) is 0 Å². The third-order valence-electron chi connectivity index (χ3n) is 3.80. The van der Waals surface area contributed by atoms with Gasteiger partial charge in [-0.15, -0.1) is 0 Å². The van der Waals surface area contributed by atoms with Gasteiger partial charge in [0.2, 0.25) is 15.9 Å². The van der Waals surface area contributed by atoms with E-state index in [1.54, 1.807) is 36.0 Å². The molecule has 0 unspecified atom stereocenters. The van der Waals surface area contributed by atoms with Crippen LogP contribution in [0.5, 0.6) is 0 Å². The van der Waals surface area contributed by atoms with Gasteiger partial charge in [0.1, 0.15) is 6.54 Å². The number of hydrogen-bond donors (Lipinski definition) is 1. The molecule has 0 aliphatic rings. The Labute approximate surface area is 180 Å². The van der Waals surface area contributed by atoms with Gasteiger partial charge in [0.05, 0.1) is 22.0 Å². The second kappa shape index (κ2) is 10.4. The number of nitrogens with zero attached hydrogens (tertiary/aromatic N) is 1. The number of anilines is 1. The number of carbonyl (C=O) groups excluding carboxylic acids is 1. The van der Waals surface area contributed by atoms with Crippen LogP contribution in [0.15, 0.2) is 42.5 Å². The number of halogens is 2. The van der Waals surface area contributed by atoms with Crippen molar-refractivity contribution in [3.8, 4) is 0 Å². The Morgan fingerprint density at radius 2 is 1.89 bits per heavy atom. The lowest BCUT2D eigenvalue weighted by Gasteiger charge is -2.22. The van der Waals surface area contributed by atoms with Crippen LogP contribution in [0.4, 0.5) is 5.69 Å². The smallest absolute Gasteiger partial charge is 0.240 e. The van der Waals surface area contributed by atoms with Crippen LogP contribution in [0.1, 0.15) is 11.1 Å². The predicted octanol–water partition coefficient (Wildman–Crippen LogP) is 4.12. The van der Waals surface area contributed by atoms with E-state index in [9.17, 15) is 13.2 Å². The van der Waals surface area contributed by atoms with Gasteiger partial charge in [-0.3, -0.25) is 9.10 Å². The molecule has 2 rings (SSSR count). The van der Waals surface area contributed by atoms with Gasteiger partial charge in [0.15, 0.2) is 0 Å². The summed E-state index contributed by atoms with van der Waals surface area (Å²) in [6.07, 6.45) is 1.09. The molecule has 9 heteroatoms. The van der Waals surface area contributed by atoms with Crippen molar-refractivity contribution < 1.29 is 13.2 Å². The lowest BCUT2D eigenvalue weighted by atomic mass is 10.2. The average Bonchev–Trinajstić information content (AvgIpc) is 2.61. The number of nitrogens with one attached hydrogen (secondary N) is 1. The molecule has 0 spiro atoms. The van der Waals surface area contributed by atoms with E-state index in [-0.39, 0.29) is 12.5 Å². The summed E-state index contributed by atoms with van der Waals surface area (Å²) in [5, 5.41) is 3.80. The first-order valence-corrected chi connectivity index (χ1v) is 12.3. The molecule has 0 radical (unpaired) electrons. The van der Waals surface area contributed by atoms with Crippen molar-refractivity contribution in [2.75, 3.05) is 29.4 Å². The van der Waals surface area contributed by atoms with Crippen LogP contribution in [-0.2, 0) is 20.6 Å². The normalized spacial score (nSPS) is 11.3. The zero-order chi connectivity index (χ0) is 20.7. The molecule has 2 aromatic rings. The topological polar surface area (TPSA) is 66.5 Å². The van der Waals surface area contributed by atoms with Gasteiger partial charge in [-0.25, -0.2) is 8.42 Å². The second-order valence-corrected chi connectivity index (χ2v) is 10.1. The molecule has 152 valence electrons. The van der Waals surface area contributed by atoms with Crippen LogP contribution in [0, 0.1) is 6.92 Å². The van der Waals surface area contributed by atoms with E-state index in [4.69, 9.17) is 23.2 Å². The van der Waals surface area contributed by atoms with Gasteiger partial charge in [0.25, 0.3) is 0 Å². The Bertz CT molecular complexity index is 937. The van der Waals surface area contributed by atoms with Gasteiger partial charge >= 0.3 is 0 Å². The molecule has 0 aliphatic carbocycles. The van der Waals surface area contributed by atoms with Crippen LogP contribution in [0.3, 0.4) is 0 Å². The van der Waals surface area contributed by atoms with E-state index >= 15 is 0 Å². The van der Waals surface area contributed by atoms with Crippen molar-refractivity contribution in [2.45, 2.75) is 12.7 Å². The Morgan fingerprint density at radius 3 is 2.54 bits per heavy atom. The first-order valence-electron chi connectivity index (χ1n) is 8.49. The maximum atomic E-state index is 12.2. The molecule has 0 heterocycles. The van der Waals surface area contributed by atoms with Gasteiger partial charge in [-0.05, 0) is 42.3 Å². The molecule has 1 N–H and O–H groups in total. The lowest BCUT2D eigenvalue weighted by molar-refractivity contribution is -0.119. The zero-order valence-electron chi connectivity index (χ0n) is 15.6. The van der Waals surface area contributed by atoms with Crippen molar-refractivity contribution in [2.24, 2.45) is 0 Å². The molecule has 1 amide bonds. The minimum atomic E-state index is -3.56. The highest BCUT2D eigenvalue weighted by molar-refractivity contribution is 7.98. The van der Waals surface area contributed by atoms with E-state index in [2.05, 4.69) is 5.32 Å². The minimum absolute atomic E-state index is 0.250. The Hall–Kier alpha value is -1.41. The largest absolute Gasteiger partial charge is 0.354 e. The molecule has 0 atom stereocenters. The van der Waals surface area contributed by atoms with Crippen LogP contribution in [0.25, 0.3) is 0 Å². The summed E-state index contributed by atoms with van der Waals surface area (Å²) < 4.78 is 25.3. The molecule has 0 saturated heterocycles. The summed E-state index contributed by atoms with van der Waals surface area (Å²) in [6.45, 7) is 2.06. The van der Waals surface area contributed by atoms with Crippen molar-refractivity contribution in [1.82, 2.24) is 5.32 Å². The predicted molar refractivity (Wildman–Crippen MR) is 119 cm³/mol. The summed E-state index contributed by atoms with van der Waals surface area (Å²) in [6, 6.07) is 12.5. The highest BCUT2D eigenvalue weighted by atomic mass is 35.5.